The van der Waals surface area contributed by atoms with Gasteiger partial charge in [0, 0.05) is 11.5 Å². The van der Waals surface area contributed by atoms with Crippen molar-refractivity contribution in [1.29, 1.82) is 0 Å². The summed E-state index contributed by atoms with van der Waals surface area (Å²) in [7, 11) is 0. The molecule has 0 spiro atoms. The van der Waals surface area contributed by atoms with Gasteiger partial charge in [0.2, 0.25) is 0 Å². The second-order valence-electron chi connectivity index (χ2n) is 2.68. The Kier molecular flexibility index (Phi) is 5.20. The molecule has 1 atom stereocenters. The number of hydrogen-bond donors (Lipinski definition) is 1. The van der Waals surface area contributed by atoms with Crippen LogP contribution >= 0.6 is 11.8 Å². The van der Waals surface area contributed by atoms with Crippen molar-refractivity contribution in [1.82, 2.24) is 0 Å². The molecular weight excluding hydrogens is 205 g/mol. The highest BCUT2D eigenvalue weighted by molar-refractivity contribution is 7.99. The van der Waals surface area contributed by atoms with Gasteiger partial charge >= 0.3 is 12.1 Å². The molecule has 0 aliphatic carbocycles. The predicted molar refractivity (Wildman–Crippen MR) is 44.8 cm³/mol. The van der Waals surface area contributed by atoms with Crippen LogP contribution < -0.4 is 0 Å². The summed E-state index contributed by atoms with van der Waals surface area (Å²) in [6.07, 6.45) is -5.00. The molecule has 0 radical (unpaired) electrons. The van der Waals surface area contributed by atoms with E-state index in [1.54, 1.807) is 0 Å². The van der Waals surface area contributed by atoms with E-state index >= 15 is 0 Å². The van der Waals surface area contributed by atoms with Crippen molar-refractivity contribution < 1.29 is 23.1 Å². The molecule has 0 aromatic carbocycles. The minimum absolute atomic E-state index is 0.0683. The molecule has 0 amide bonds. The Morgan fingerprint density at radius 1 is 1.54 bits per heavy atom. The molecule has 1 N–H and O–H groups in total. The van der Waals surface area contributed by atoms with Crippen molar-refractivity contribution in [2.45, 2.75) is 19.5 Å². The summed E-state index contributed by atoms with van der Waals surface area (Å²) < 4.78 is 34.8. The van der Waals surface area contributed by atoms with Crippen molar-refractivity contribution in [3.8, 4) is 0 Å². The monoisotopic (exact) mass is 216 g/mol. The lowest BCUT2D eigenvalue weighted by atomic mass is 10.2. The summed E-state index contributed by atoms with van der Waals surface area (Å²) in [4.78, 5) is 10.3. The van der Waals surface area contributed by atoms with Gasteiger partial charge in [-0.2, -0.15) is 24.9 Å². The van der Waals surface area contributed by atoms with Crippen molar-refractivity contribution in [3.05, 3.63) is 0 Å². The maximum atomic E-state index is 11.6. The second-order valence-corrected chi connectivity index (χ2v) is 3.83. The van der Waals surface area contributed by atoms with E-state index in [1.165, 1.54) is 6.92 Å². The smallest absolute Gasteiger partial charge is 0.389 e. The molecule has 13 heavy (non-hydrogen) atoms. The van der Waals surface area contributed by atoms with Crippen molar-refractivity contribution in [2.24, 2.45) is 5.92 Å². The zero-order valence-electron chi connectivity index (χ0n) is 7.10. The predicted octanol–water partition coefficient (Wildman–Crippen LogP) is 2.39. The number of aliphatic carboxylic acids is 1. The number of halogens is 3. The van der Waals surface area contributed by atoms with Gasteiger partial charge in [0.25, 0.3) is 0 Å². The molecule has 0 saturated heterocycles. The minimum atomic E-state index is -4.14. The first kappa shape index (κ1) is 12.6. The van der Waals surface area contributed by atoms with Crippen LogP contribution in [0, 0.1) is 5.92 Å². The quantitative estimate of drug-likeness (QED) is 0.717. The summed E-state index contributed by atoms with van der Waals surface area (Å²) in [6, 6.07) is 0. The number of carboxylic acid groups (broad SMARTS) is 1. The van der Waals surface area contributed by atoms with Gasteiger partial charge in [-0.25, -0.2) is 0 Å². The Morgan fingerprint density at radius 3 is 2.46 bits per heavy atom. The Balaban J connectivity index is 3.41. The van der Waals surface area contributed by atoms with Gasteiger partial charge < -0.3 is 5.11 Å². The third-order valence-corrected chi connectivity index (χ3v) is 2.55. The standard InChI is InChI=1S/C7H11F3O2S/c1-5(6(11)12)4-13-3-2-7(8,9)10/h5H,2-4H2,1H3,(H,11,12). The van der Waals surface area contributed by atoms with Gasteiger partial charge in [-0.3, -0.25) is 4.79 Å². The van der Waals surface area contributed by atoms with E-state index in [0.717, 1.165) is 11.8 Å². The van der Waals surface area contributed by atoms with Gasteiger partial charge in [0.1, 0.15) is 0 Å². The van der Waals surface area contributed by atoms with Crippen LogP contribution in [0.1, 0.15) is 13.3 Å². The molecule has 0 saturated carbocycles. The van der Waals surface area contributed by atoms with Gasteiger partial charge in [-0.15, -0.1) is 0 Å². The van der Waals surface area contributed by atoms with E-state index in [1.807, 2.05) is 0 Å². The zero-order chi connectivity index (χ0) is 10.5. The van der Waals surface area contributed by atoms with E-state index in [2.05, 4.69) is 0 Å². The molecular formula is C7H11F3O2S. The lowest BCUT2D eigenvalue weighted by molar-refractivity contribution is -0.140. The SMILES string of the molecule is CC(CSCCC(F)(F)F)C(=O)O. The summed E-state index contributed by atoms with van der Waals surface area (Å²) in [5, 5.41) is 8.41. The summed E-state index contributed by atoms with van der Waals surface area (Å²) in [6.45, 7) is 1.48. The van der Waals surface area contributed by atoms with E-state index in [9.17, 15) is 18.0 Å². The third kappa shape index (κ3) is 7.95. The Hall–Kier alpha value is -0.390. The molecule has 0 aromatic heterocycles. The topological polar surface area (TPSA) is 37.3 Å². The first-order valence-corrected chi connectivity index (χ1v) is 4.85. The molecule has 1 unspecified atom stereocenters. The normalized spacial score (nSPS) is 14.2. The Labute approximate surface area is 78.5 Å². The lowest BCUT2D eigenvalue weighted by Crippen LogP contribution is -2.13. The average Bonchev–Trinajstić information content (AvgIpc) is 1.95. The molecule has 0 bridgehead atoms. The van der Waals surface area contributed by atoms with Crippen LogP contribution in [0.4, 0.5) is 13.2 Å². The lowest BCUT2D eigenvalue weighted by Gasteiger charge is -2.07. The Morgan fingerprint density at radius 2 is 2.08 bits per heavy atom. The van der Waals surface area contributed by atoms with Gasteiger partial charge in [0.05, 0.1) is 12.3 Å². The van der Waals surface area contributed by atoms with Crippen LogP contribution in [0.15, 0.2) is 0 Å². The minimum Gasteiger partial charge on any atom is -0.481 e. The van der Waals surface area contributed by atoms with Gasteiger partial charge in [0.15, 0.2) is 0 Å². The van der Waals surface area contributed by atoms with E-state index < -0.39 is 24.5 Å². The van der Waals surface area contributed by atoms with Crippen LogP contribution in [-0.4, -0.2) is 28.8 Å². The van der Waals surface area contributed by atoms with Crippen LogP contribution in [0.2, 0.25) is 0 Å². The van der Waals surface area contributed by atoms with Gasteiger partial charge in [-0.1, -0.05) is 6.92 Å². The highest BCUT2D eigenvalue weighted by atomic mass is 32.2. The summed E-state index contributed by atoms with van der Waals surface area (Å²) in [5.41, 5.74) is 0. The number of rotatable bonds is 5. The second kappa shape index (κ2) is 5.36. The molecule has 0 heterocycles. The fraction of sp³-hybridized carbons (Fsp3) is 0.857. The maximum absolute atomic E-state index is 11.6. The molecule has 6 heteroatoms. The number of carboxylic acids is 1. The first-order valence-electron chi connectivity index (χ1n) is 3.70. The fourth-order valence-corrected chi connectivity index (χ4v) is 1.56. The molecule has 2 nitrogen and oxygen atoms in total. The highest BCUT2D eigenvalue weighted by Crippen LogP contribution is 2.22. The number of alkyl halides is 3. The first-order chi connectivity index (χ1) is 5.83. The summed E-state index contributed by atoms with van der Waals surface area (Å²) in [5.74, 6) is -1.40. The maximum Gasteiger partial charge on any atom is 0.389 e. The number of thioether (sulfide) groups is 1. The highest BCUT2D eigenvalue weighted by Gasteiger charge is 2.26. The molecule has 0 aliphatic heterocycles. The van der Waals surface area contributed by atoms with Crippen molar-refractivity contribution >= 4 is 17.7 Å². The van der Waals surface area contributed by atoms with Crippen molar-refractivity contribution in [2.75, 3.05) is 11.5 Å². The summed E-state index contributed by atoms with van der Waals surface area (Å²) >= 11 is 1.02. The van der Waals surface area contributed by atoms with E-state index in [-0.39, 0.29) is 11.5 Å². The molecule has 0 aliphatic rings. The van der Waals surface area contributed by atoms with Crippen LogP contribution in [-0.2, 0) is 4.79 Å². The van der Waals surface area contributed by atoms with Crippen LogP contribution in [0.25, 0.3) is 0 Å². The Bertz CT molecular complexity index is 170. The molecule has 0 aromatic rings. The fourth-order valence-electron chi connectivity index (χ4n) is 0.519. The molecule has 0 fully saturated rings. The average molecular weight is 216 g/mol. The zero-order valence-corrected chi connectivity index (χ0v) is 7.91. The molecule has 78 valence electrons. The van der Waals surface area contributed by atoms with E-state index in [0.29, 0.717) is 0 Å². The molecule has 0 rings (SSSR count). The largest absolute Gasteiger partial charge is 0.481 e. The van der Waals surface area contributed by atoms with Crippen LogP contribution in [0.5, 0.6) is 0 Å². The number of carbonyl (C=O) groups is 1. The third-order valence-electron chi connectivity index (χ3n) is 1.32. The van der Waals surface area contributed by atoms with E-state index in [4.69, 9.17) is 5.11 Å². The van der Waals surface area contributed by atoms with Crippen molar-refractivity contribution in [3.63, 3.8) is 0 Å². The van der Waals surface area contributed by atoms with Gasteiger partial charge in [-0.05, 0) is 0 Å². The van der Waals surface area contributed by atoms with Crippen LogP contribution in [0.3, 0.4) is 0 Å². The number of hydrogen-bond acceptors (Lipinski definition) is 2.